The SMILES string of the molecule is COc1cc(CNCc2cccc(CO)c2)cc(OC)c1OCc1ccccc1. The lowest BCUT2D eigenvalue weighted by Crippen LogP contribution is -2.13. The van der Waals surface area contributed by atoms with Crippen LogP contribution in [0.3, 0.4) is 0 Å². The number of benzene rings is 3. The fourth-order valence-electron chi connectivity index (χ4n) is 3.10. The van der Waals surface area contributed by atoms with Crippen LogP contribution in [-0.2, 0) is 26.3 Å². The third-order valence-corrected chi connectivity index (χ3v) is 4.58. The molecule has 0 fully saturated rings. The summed E-state index contributed by atoms with van der Waals surface area (Å²) in [4.78, 5) is 0. The molecular formula is C24H27NO4. The minimum atomic E-state index is 0.0483. The smallest absolute Gasteiger partial charge is 0.203 e. The highest BCUT2D eigenvalue weighted by molar-refractivity contribution is 5.54. The van der Waals surface area contributed by atoms with Crippen LogP contribution in [0, 0.1) is 0 Å². The number of rotatable bonds is 10. The van der Waals surface area contributed by atoms with Crippen molar-refractivity contribution in [2.24, 2.45) is 0 Å². The van der Waals surface area contributed by atoms with E-state index >= 15 is 0 Å². The Morgan fingerprint density at radius 2 is 1.34 bits per heavy atom. The number of hydrogen-bond donors (Lipinski definition) is 2. The van der Waals surface area contributed by atoms with Crippen molar-refractivity contribution in [1.29, 1.82) is 0 Å². The lowest BCUT2D eigenvalue weighted by atomic mass is 10.1. The van der Waals surface area contributed by atoms with Crippen LogP contribution in [0.5, 0.6) is 17.2 Å². The molecule has 0 aromatic heterocycles. The van der Waals surface area contributed by atoms with Gasteiger partial charge in [-0.3, -0.25) is 0 Å². The highest BCUT2D eigenvalue weighted by Gasteiger charge is 2.14. The maximum absolute atomic E-state index is 9.26. The van der Waals surface area contributed by atoms with E-state index in [9.17, 15) is 5.11 Å². The van der Waals surface area contributed by atoms with Gasteiger partial charge in [0.1, 0.15) is 6.61 Å². The molecule has 0 aliphatic rings. The lowest BCUT2D eigenvalue weighted by Gasteiger charge is -2.16. The molecule has 5 heteroatoms. The monoisotopic (exact) mass is 393 g/mol. The maximum atomic E-state index is 9.26. The van der Waals surface area contributed by atoms with Crippen molar-refractivity contribution in [1.82, 2.24) is 5.32 Å². The molecule has 0 atom stereocenters. The third kappa shape index (κ3) is 5.73. The second-order valence-corrected chi connectivity index (χ2v) is 6.69. The third-order valence-electron chi connectivity index (χ3n) is 4.58. The molecule has 0 unspecified atom stereocenters. The average molecular weight is 393 g/mol. The van der Waals surface area contributed by atoms with Crippen LogP contribution in [0.1, 0.15) is 22.3 Å². The Balaban J connectivity index is 1.68. The van der Waals surface area contributed by atoms with Gasteiger partial charge in [-0.15, -0.1) is 0 Å². The van der Waals surface area contributed by atoms with Crippen LogP contribution in [0.4, 0.5) is 0 Å². The molecule has 152 valence electrons. The van der Waals surface area contributed by atoms with E-state index in [2.05, 4.69) is 5.32 Å². The van der Waals surface area contributed by atoms with Crippen LogP contribution >= 0.6 is 0 Å². The van der Waals surface area contributed by atoms with E-state index in [4.69, 9.17) is 14.2 Å². The first-order valence-corrected chi connectivity index (χ1v) is 9.54. The summed E-state index contributed by atoms with van der Waals surface area (Å²) in [6.45, 7) is 1.83. The summed E-state index contributed by atoms with van der Waals surface area (Å²) in [7, 11) is 3.25. The Morgan fingerprint density at radius 3 is 2.00 bits per heavy atom. The number of aliphatic hydroxyl groups excluding tert-OH is 1. The fourth-order valence-corrected chi connectivity index (χ4v) is 3.10. The summed E-state index contributed by atoms with van der Waals surface area (Å²) in [6.07, 6.45) is 0. The van der Waals surface area contributed by atoms with Gasteiger partial charge in [0.15, 0.2) is 11.5 Å². The van der Waals surface area contributed by atoms with Gasteiger partial charge in [-0.2, -0.15) is 0 Å². The van der Waals surface area contributed by atoms with Crippen molar-refractivity contribution in [3.63, 3.8) is 0 Å². The van der Waals surface area contributed by atoms with E-state index in [0.29, 0.717) is 36.9 Å². The van der Waals surface area contributed by atoms with E-state index in [1.165, 1.54) is 0 Å². The normalized spacial score (nSPS) is 10.6. The van der Waals surface area contributed by atoms with Gasteiger partial charge < -0.3 is 24.6 Å². The van der Waals surface area contributed by atoms with E-state index in [-0.39, 0.29) is 6.61 Å². The zero-order valence-corrected chi connectivity index (χ0v) is 16.9. The molecule has 0 amide bonds. The number of methoxy groups -OCH3 is 2. The van der Waals surface area contributed by atoms with Gasteiger partial charge >= 0.3 is 0 Å². The van der Waals surface area contributed by atoms with E-state index in [0.717, 1.165) is 22.3 Å². The molecule has 3 rings (SSSR count). The van der Waals surface area contributed by atoms with Gasteiger partial charge in [-0.25, -0.2) is 0 Å². The first kappa shape index (κ1) is 20.7. The Morgan fingerprint density at radius 1 is 0.724 bits per heavy atom. The van der Waals surface area contributed by atoms with Gasteiger partial charge in [0.25, 0.3) is 0 Å². The maximum Gasteiger partial charge on any atom is 0.203 e. The van der Waals surface area contributed by atoms with Crippen molar-refractivity contribution in [3.05, 3.63) is 89.0 Å². The van der Waals surface area contributed by atoms with Gasteiger partial charge in [0.05, 0.1) is 20.8 Å². The molecule has 0 spiro atoms. The second kappa shape index (κ2) is 10.5. The number of hydrogen-bond acceptors (Lipinski definition) is 5. The zero-order chi connectivity index (χ0) is 20.5. The Hall–Kier alpha value is -3.02. The summed E-state index contributed by atoms with van der Waals surface area (Å²) in [6, 6.07) is 21.8. The standard InChI is InChI=1S/C24H27NO4/c1-27-22-12-21(15-25-14-19-9-6-10-20(11-19)16-26)13-23(28-2)24(22)29-17-18-7-4-3-5-8-18/h3-13,25-26H,14-17H2,1-2H3. The minimum absolute atomic E-state index is 0.0483. The lowest BCUT2D eigenvalue weighted by molar-refractivity contribution is 0.265. The number of ether oxygens (including phenoxy) is 3. The predicted octanol–water partition coefficient (Wildman–Crippen LogP) is 4.06. The average Bonchev–Trinajstić information content (AvgIpc) is 2.78. The molecule has 3 aromatic carbocycles. The van der Waals surface area contributed by atoms with Crippen LogP contribution < -0.4 is 19.5 Å². The second-order valence-electron chi connectivity index (χ2n) is 6.69. The summed E-state index contributed by atoms with van der Waals surface area (Å²) in [5.74, 6) is 1.87. The van der Waals surface area contributed by atoms with Crippen molar-refractivity contribution >= 4 is 0 Å². The van der Waals surface area contributed by atoms with E-state index < -0.39 is 0 Å². The van der Waals surface area contributed by atoms with Crippen LogP contribution in [0.2, 0.25) is 0 Å². The van der Waals surface area contributed by atoms with Crippen molar-refractivity contribution < 1.29 is 19.3 Å². The molecule has 0 heterocycles. The fraction of sp³-hybridized carbons (Fsp3) is 0.250. The van der Waals surface area contributed by atoms with Crippen molar-refractivity contribution in [2.75, 3.05) is 14.2 Å². The molecule has 0 aliphatic heterocycles. The van der Waals surface area contributed by atoms with Crippen LogP contribution in [0.25, 0.3) is 0 Å². The largest absolute Gasteiger partial charge is 0.493 e. The van der Waals surface area contributed by atoms with Crippen LogP contribution in [0.15, 0.2) is 66.7 Å². The van der Waals surface area contributed by atoms with Gasteiger partial charge in [-0.1, -0.05) is 54.6 Å². The molecule has 0 saturated carbocycles. The number of aliphatic hydroxyl groups is 1. The Kier molecular flexibility index (Phi) is 7.50. The summed E-state index contributed by atoms with van der Waals surface area (Å²) < 4.78 is 17.1. The summed E-state index contributed by atoms with van der Waals surface area (Å²) in [5.41, 5.74) is 4.14. The van der Waals surface area contributed by atoms with Gasteiger partial charge in [0.2, 0.25) is 5.75 Å². The van der Waals surface area contributed by atoms with Crippen molar-refractivity contribution in [3.8, 4) is 17.2 Å². The number of nitrogens with one attached hydrogen (secondary N) is 1. The Bertz CT molecular complexity index is 887. The summed E-state index contributed by atoms with van der Waals surface area (Å²) >= 11 is 0. The topological polar surface area (TPSA) is 60.0 Å². The van der Waals surface area contributed by atoms with Gasteiger partial charge in [0, 0.05) is 13.1 Å². The van der Waals surface area contributed by atoms with E-state index in [1.54, 1.807) is 14.2 Å². The van der Waals surface area contributed by atoms with Crippen molar-refractivity contribution in [2.45, 2.75) is 26.3 Å². The van der Waals surface area contributed by atoms with E-state index in [1.807, 2.05) is 66.7 Å². The quantitative estimate of drug-likeness (QED) is 0.544. The predicted molar refractivity (Wildman–Crippen MR) is 113 cm³/mol. The molecule has 0 aliphatic carbocycles. The van der Waals surface area contributed by atoms with Gasteiger partial charge in [-0.05, 0) is 34.4 Å². The molecule has 5 nitrogen and oxygen atoms in total. The molecule has 0 bridgehead atoms. The minimum Gasteiger partial charge on any atom is -0.493 e. The Labute approximate surface area is 171 Å². The molecular weight excluding hydrogens is 366 g/mol. The highest BCUT2D eigenvalue weighted by Crippen LogP contribution is 2.39. The molecule has 0 radical (unpaired) electrons. The van der Waals surface area contributed by atoms with Crippen LogP contribution in [-0.4, -0.2) is 19.3 Å². The molecule has 3 aromatic rings. The molecule has 0 saturated heterocycles. The first-order chi connectivity index (χ1) is 14.2. The highest BCUT2D eigenvalue weighted by atomic mass is 16.5. The molecule has 29 heavy (non-hydrogen) atoms. The summed E-state index contributed by atoms with van der Waals surface area (Å²) in [5, 5.41) is 12.7. The first-order valence-electron chi connectivity index (χ1n) is 9.54. The molecule has 2 N–H and O–H groups in total. The zero-order valence-electron chi connectivity index (χ0n) is 16.9.